The number of ether oxygens (including phenoxy) is 3. The lowest BCUT2D eigenvalue weighted by molar-refractivity contribution is 0.102. The van der Waals surface area contributed by atoms with Gasteiger partial charge in [-0.3, -0.25) is 9.48 Å². The molecule has 0 saturated carbocycles. The van der Waals surface area contributed by atoms with Crippen LogP contribution in [0.4, 0.5) is 17.3 Å². The first kappa shape index (κ1) is 28.7. The smallest absolute Gasteiger partial charge is 0.257 e. The van der Waals surface area contributed by atoms with Gasteiger partial charge in [-0.2, -0.15) is 10.1 Å². The van der Waals surface area contributed by atoms with Crippen LogP contribution in [0, 0.1) is 0 Å². The molecule has 4 aromatic rings. The molecule has 12 heteroatoms. The van der Waals surface area contributed by atoms with Gasteiger partial charge in [-0.1, -0.05) is 13.8 Å². The van der Waals surface area contributed by atoms with Crippen molar-refractivity contribution in [3.63, 3.8) is 0 Å². The van der Waals surface area contributed by atoms with Crippen LogP contribution in [0.1, 0.15) is 46.9 Å². The number of amides is 1. The van der Waals surface area contributed by atoms with Gasteiger partial charge in [0.15, 0.2) is 0 Å². The van der Waals surface area contributed by atoms with E-state index in [1.807, 2.05) is 52.8 Å². The van der Waals surface area contributed by atoms with Gasteiger partial charge >= 0.3 is 0 Å². The van der Waals surface area contributed by atoms with Crippen LogP contribution in [-0.2, 0) is 37.0 Å². The molecular formula is C31H38N8O4. The minimum Gasteiger partial charge on any atom is -0.494 e. The second-order valence-corrected chi connectivity index (χ2v) is 10.6. The molecule has 0 radical (unpaired) electrons. The van der Waals surface area contributed by atoms with E-state index in [1.165, 1.54) is 0 Å². The lowest BCUT2D eigenvalue weighted by Crippen LogP contribution is -2.50. The third kappa shape index (κ3) is 5.67. The molecule has 2 aliphatic heterocycles. The zero-order chi connectivity index (χ0) is 29.9. The Morgan fingerprint density at radius 3 is 2.72 bits per heavy atom. The van der Waals surface area contributed by atoms with Crippen molar-refractivity contribution in [1.29, 1.82) is 0 Å². The van der Waals surface area contributed by atoms with Crippen molar-refractivity contribution in [2.45, 2.75) is 52.2 Å². The van der Waals surface area contributed by atoms with Gasteiger partial charge in [0.25, 0.3) is 5.91 Å². The van der Waals surface area contributed by atoms with Crippen molar-refractivity contribution >= 4 is 23.2 Å². The lowest BCUT2D eigenvalue weighted by Gasteiger charge is -2.28. The fraction of sp³-hybridized carbons (Fsp3) is 0.419. The number of aromatic nitrogens is 5. The van der Waals surface area contributed by atoms with Gasteiger partial charge in [0.2, 0.25) is 5.95 Å². The van der Waals surface area contributed by atoms with E-state index in [1.54, 1.807) is 14.2 Å². The van der Waals surface area contributed by atoms with E-state index in [-0.39, 0.29) is 12.0 Å². The normalized spacial score (nSPS) is 14.0. The Balaban J connectivity index is 1.23. The number of nitrogens with zero attached hydrogens (tertiary/aromatic N) is 5. The van der Waals surface area contributed by atoms with Crippen LogP contribution >= 0.6 is 0 Å². The molecule has 3 N–H and O–H groups in total. The first-order valence-electron chi connectivity index (χ1n) is 14.8. The Labute approximate surface area is 250 Å². The minimum absolute atomic E-state index is 0.148. The predicted molar refractivity (Wildman–Crippen MR) is 163 cm³/mol. The number of anilines is 3. The van der Waals surface area contributed by atoms with Crippen molar-refractivity contribution in [2.75, 3.05) is 44.5 Å². The molecule has 0 atom stereocenters. The quantitative estimate of drug-likeness (QED) is 0.228. The van der Waals surface area contributed by atoms with Crippen molar-refractivity contribution in [3.05, 3.63) is 64.9 Å². The number of methoxy groups -OCH3 is 2. The molecule has 0 bridgehead atoms. The maximum absolute atomic E-state index is 13.7. The van der Waals surface area contributed by atoms with Gasteiger partial charge in [-0.15, -0.1) is 0 Å². The molecule has 1 amide bonds. The minimum atomic E-state index is -0.148. The second-order valence-electron chi connectivity index (χ2n) is 10.6. The van der Waals surface area contributed by atoms with Gasteiger partial charge in [0.1, 0.15) is 23.4 Å². The van der Waals surface area contributed by atoms with Crippen LogP contribution in [0.5, 0.6) is 11.5 Å². The number of hydrogen-bond donors (Lipinski definition) is 3. The largest absolute Gasteiger partial charge is 0.494 e. The highest BCUT2D eigenvalue weighted by Crippen LogP contribution is 2.33. The molecule has 12 nitrogen and oxygen atoms in total. The van der Waals surface area contributed by atoms with E-state index in [4.69, 9.17) is 24.3 Å². The summed E-state index contributed by atoms with van der Waals surface area (Å²) in [5.74, 6) is 2.43. The van der Waals surface area contributed by atoms with E-state index in [0.29, 0.717) is 36.8 Å². The zero-order valence-electron chi connectivity index (χ0n) is 25.1. The van der Waals surface area contributed by atoms with Gasteiger partial charge in [-0.25, -0.2) is 4.98 Å². The SMILES string of the molecule is CCc1nn(CCOC)c(CC)c1NC(=O)c1ccn2c1CCc1cnc(Nc3ccc(OC4CNC4)cc3OC)nc1-2. The average Bonchev–Trinajstić information content (AvgIpc) is 3.59. The standard InChI is InChI=1S/C31H38N8O4/c1-5-23-28(25(6-2)39(37-23)13-14-41-3)35-30(40)22-11-12-38-26(22)10-7-19-16-33-31(36-29(19)38)34-24-9-8-20(15-27(24)42-4)43-21-17-32-18-21/h8-9,11-12,15-16,21,32H,5-7,10,13-14,17-18H2,1-4H3,(H,35,40)(H,33,34,36). The first-order valence-corrected chi connectivity index (χ1v) is 14.8. The molecule has 226 valence electrons. The monoisotopic (exact) mass is 586 g/mol. The van der Waals surface area contributed by atoms with Gasteiger partial charge in [-0.05, 0) is 43.9 Å². The molecule has 1 aromatic carbocycles. The van der Waals surface area contributed by atoms with Crippen LogP contribution in [0.2, 0.25) is 0 Å². The molecule has 0 unspecified atom stereocenters. The second kappa shape index (κ2) is 12.4. The van der Waals surface area contributed by atoms with E-state index < -0.39 is 0 Å². The Kier molecular flexibility index (Phi) is 8.30. The van der Waals surface area contributed by atoms with Gasteiger partial charge in [0, 0.05) is 49.9 Å². The van der Waals surface area contributed by atoms with Gasteiger partial charge in [0.05, 0.1) is 48.6 Å². The van der Waals surface area contributed by atoms with Crippen LogP contribution in [0.25, 0.3) is 5.82 Å². The molecule has 5 heterocycles. The Hall–Kier alpha value is -4.42. The number of rotatable bonds is 12. The van der Waals surface area contributed by atoms with Crippen LogP contribution in [-0.4, -0.2) is 70.2 Å². The number of carbonyl (C=O) groups is 1. The van der Waals surface area contributed by atoms with Crippen LogP contribution < -0.4 is 25.4 Å². The highest BCUT2D eigenvalue weighted by Gasteiger charge is 2.26. The summed E-state index contributed by atoms with van der Waals surface area (Å²) in [6, 6.07) is 7.54. The Morgan fingerprint density at radius 2 is 2.00 bits per heavy atom. The number of carbonyl (C=O) groups excluding carboxylic acids is 1. The Bertz CT molecular complexity index is 1620. The maximum Gasteiger partial charge on any atom is 0.257 e. The summed E-state index contributed by atoms with van der Waals surface area (Å²) >= 11 is 0. The van der Waals surface area contributed by atoms with Gasteiger partial charge < -0.3 is 34.7 Å². The Morgan fingerprint density at radius 1 is 1.14 bits per heavy atom. The van der Waals surface area contributed by atoms with E-state index >= 15 is 0 Å². The number of aryl methyl sites for hydroxylation is 2. The molecule has 43 heavy (non-hydrogen) atoms. The zero-order valence-corrected chi connectivity index (χ0v) is 25.1. The van der Waals surface area contributed by atoms with Crippen molar-refractivity contribution < 1.29 is 19.0 Å². The summed E-state index contributed by atoms with van der Waals surface area (Å²) in [4.78, 5) is 23.1. The molecule has 3 aromatic heterocycles. The predicted octanol–water partition coefficient (Wildman–Crippen LogP) is 3.69. The summed E-state index contributed by atoms with van der Waals surface area (Å²) in [6.45, 7) is 7.00. The molecule has 0 aliphatic carbocycles. The van der Waals surface area contributed by atoms with Crippen LogP contribution in [0.15, 0.2) is 36.7 Å². The third-order valence-electron chi connectivity index (χ3n) is 7.95. The maximum atomic E-state index is 13.7. The lowest BCUT2D eigenvalue weighted by atomic mass is 10.0. The van der Waals surface area contributed by atoms with Crippen LogP contribution in [0.3, 0.4) is 0 Å². The summed E-state index contributed by atoms with van der Waals surface area (Å²) in [6.07, 6.45) is 6.84. The molecule has 6 rings (SSSR count). The topological polar surface area (TPSA) is 129 Å². The number of benzene rings is 1. The number of fused-ring (bicyclic) bond motifs is 3. The molecule has 0 spiro atoms. The molecule has 1 saturated heterocycles. The summed E-state index contributed by atoms with van der Waals surface area (Å²) < 4.78 is 20.8. The number of nitrogens with one attached hydrogen (secondary N) is 3. The van der Waals surface area contributed by atoms with E-state index in [9.17, 15) is 4.79 Å². The van der Waals surface area contributed by atoms with Crippen molar-refractivity contribution in [2.24, 2.45) is 0 Å². The van der Waals surface area contributed by atoms with Crippen molar-refractivity contribution in [1.82, 2.24) is 29.6 Å². The fourth-order valence-electron chi connectivity index (χ4n) is 5.57. The van der Waals surface area contributed by atoms with E-state index in [2.05, 4.69) is 27.9 Å². The highest BCUT2D eigenvalue weighted by atomic mass is 16.5. The summed E-state index contributed by atoms with van der Waals surface area (Å²) in [5, 5.41) is 14.4. The van der Waals surface area contributed by atoms with Crippen molar-refractivity contribution in [3.8, 4) is 17.3 Å². The number of hydrogen-bond acceptors (Lipinski definition) is 9. The van der Waals surface area contributed by atoms with E-state index in [0.717, 1.165) is 77.9 Å². The molecule has 2 aliphatic rings. The summed E-state index contributed by atoms with van der Waals surface area (Å²) in [7, 11) is 3.30. The fourth-order valence-corrected chi connectivity index (χ4v) is 5.57. The molecular weight excluding hydrogens is 548 g/mol. The average molecular weight is 587 g/mol. The third-order valence-corrected chi connectivity index (χ3v) is 7.95. The molecule has 1 fully saturated rings. The highest BCUT2D eigenvalue weighted by molar-refractivity contribution is 6.06. The summed E-state index contributed by atoms with van der Waals surface area (Å²) in [5.41, 5.74) is 5.97. The first-order chi connectivity index (χ1) is 21.0.